The molecule has 23 heavy (non-hydrogen) atoms. The van der Waals surface area contributed by atoms with Crippen LogP contribution in [-0.2, 0) is 0 Å². The number of hydrogen-bond donors (Lipinski definition) is 2. The van der Waals surface area contributed by atoms with Gasteiger partial charge >= 0.3 is 0 Å². The summed E-state index contributed by atoms with van der Waals surface area (Å²) in [6.45, 7) is 3.13. The van der Waals surface area contributed by atoms with Crippen molar-refractivity contribution in [1.82, 2.24) is 15.2 Å². The third-order valence-corrected chi connectivity index (χ3v) is 4.75. The second kappa shape index (κ2) is 7.59. The molecule has 0 bridgehead atoms. The molecule has 0 aromatic carbocycles. The summed E-state index contributed by atoms with van der Waals surface area (Å²) in [7, 11) is 0. The summed E-state index contributed by atoms with van der Waals surface area (Å²) < 4.78 is 0. The van der Waals surface area contributed by atoms with Gasteiger partial charge in [0.1, 0.15) is 5.69 Å². The van der Waals surface area contributed by atoms with Gasteiger partial charge in [-0.25, -0.2) is 0 Å². The number of aromatic amines is 1. The van der Waals surface area contributed by atoms with E-state index < -0.39 is 0 Å². The lowest BCUT2D eigenvalue weighted by Crippen LogP contribution is -2.45. The molecule has 1 aromatic rings. The fourth-order valence-corrected chi connectivity index (χ4v) is 3.41. The maximum atomic E-state index is 12.2. The highest BCUT2D eigenvalue weighted by atomic mass is 16.2. The van der Waals surface area contributed by atoms with Gasteiger partial charge in [-0.05, 0) is 44.6 Å². The predicted octanol–water partition coefficient (Wildman–Crippen LogP) is 2.07. The summed E-state index contributed by atoms with van der Waals surface area (Å²) >= 11 is 0. The van der Waals surface area contributed by atoms with Crippen molar-refractivity contribution in [3.8, 4) is 0 Å². The minimum absolute atomic E-state index is 0.184. The van der Waals surface area contributed by atoms with Gasteiger partial charge in [0.25, 0.3) is 5.91 Å². The van der Waals surface area contributed by atoms with E-state index in [1.807, 2.05) is 0 Å². The lowest BCUT2D eigenvalue weighted by atomic mass is 9.97. The number of aromatic nitrogens is 1. The highest BCUT2D eigenvalue weighted by molar-refractivity contribution is 5.92. The summed E-state index contributed by atoms with van der Waals surface area (Å²) in [5.41, 5.74) is 1.68. The second-order valence-corrected chi connectivity index (χ2v) is 6.56. The topological polar surface area (TPSA) is 65.2 Å². The first kappa shape index (κ1) is 16.0. The fraction of sp³-hybridized carbons (Fsp3) is 0.556. The van der Waals surface area contributed by atoms with Crippen molar-refractivity contribution in [2.24, 2.45) is 0 Å². The molecule has 1 amide bonds. The number of piperidine rings is 1. The van der Waals surface area contributed by atoms with Gasteiger partial charge in [-0.3, -0.25) is 14.5 Å². The third-order valence-electron chi connectivity index (χ3n) is 4.75. The van der Waals surface area contributed by atoms with Crippen molar-refractivity contribution in [3.05, 3.63) is 45.9 Å². The van der Waals surface area contributed by atoms with Crippen LogP contribution in [0.5, 0.6) is 0 Å². The summed E-state index contributed by atoms with van der Waals surface area (Å²) in [6.07, 6.45) is 9.48. The highest BCUT2D eigenvalue weighted by Crippen LogP contribution is 2.20. The van der Waals surface area contributed by atoms with Gasteiger partial charge in [0, 0.05) is 31.7 Å². The number of allylic oxidation sites excluding steroid dienone is 1. The Bertz CT molecular complexity index is 627. The molecule has 1 aliphatic carbocycles. The van der Waals surface area contributed by atoms with Gasteiger partial charge in [0.05, 0.1) is 0 Å². The van der Waals surface area contributed by atoms with Crippen LogP contribution in [0.4, 0.5) is 0 Å². The van der Waals surface area contributed by atoms with Crippen LogP contribution in [0.25, 0.3) is 0 Å². The minimum atomic E-state index is -0.242. The molecule has 0 spiro atoms. The summed E-state index contributed by atoms with van der Waals surface area (Å²) in [4.78, 5) is 28.5. The molecule has 5 heteroatoms. The summed E-state index contributed by atoms with van der Waals surface area (Å²) in [6, 6.07) is 4.85. The van der Waals surface area contributed by atoms with Gasteiger partial charge < -0.3 is 10.3 Å². The predicted molar refractivity (Wildman–Crippen MR) is 90.5 cm³/mol. The number of carbonyl (C=O) groups is 1. The van der Waals surface area contributed by atoms with E-state index in [1.165, 1.54) is 31.7 Å². The van der Waals surface area contributed by atoms with Gasteiger partial charge in [-0.15, -0.1) is 0 Å². The lowest BCUT2D eigenvalue weighted by molar-refractivity contribution is 0.0908. The molecular weight excluding hydrogens is 290 g/mol. The van der Waals surface area contributed by atoms with Crippen LogP contribution in [-0.4, -0.2) is 41.5 Å². The zero-order valence-corrected chi connectivity index (χ0v) is 13.5. The van der Waals surface area contributed by atoms with Crippen molar-refractivity contribution in [3.63, 3.8) is 0 Å². The monoisotopic (exact) mass is 315 g/mol. The molecule has 0 radical (unpaired) electrons. The van der Waals surface area contributed by atoms with E-state index in [0.29, 0.717) is 5.69 Å². The minimum Gasteiger partial charge on any atom is -0.348 e. The number of likely N-dealkylation sites (tertiary alicyclic amines) is 1. The Kier molecular flexibility index (Phi) is 5.28. The molecule has 0 atom stereocenters. The number of nitrogens with one attached hydrogen (secondary N) is 2. The van der Waals surface area contributed by atoms with Crippen LogP contribution in [0.1, 0.15) is 49.0 Å². The van der Waals surface area contributed by atoms with Gasteiger partial charge in [0.15, 0.2) is 0 Å². The number of amides is 1. The van der Waals surface area contributed by atoms with E-state index in [1.54, 1.807) is 17.7 Å². The lowest BCUT2D eigenvalue weighted by Gasteiger charge is -2.33. The average Bonchev–Trinajstić information content (AvgIpc) is 2.57. The zero-order chi connectivity index (χ0) is 16.1. The first-order valence-corrected chi connectivity index (χ1v) is 8.61. The van der Waals surface area contributed by atoms with E-state index in [4.69, 9.17) is 0 Å². The normalized spacial score (nSPS) is 20.1. The van der Waals surface area contributed by atoms with E-state index >= 15 is 0 Å². The molecule has 2 N–H and O–H groups in total. The largest absolute Gasteiger partial charge is 0.348 e. The fourth-order valence-electron chi connectivity index (χ4n) is 3.41. The molecule has 1 aliphatic heterocycles. The standard InChI is InChI=1S/C18H25N3O2/c22-17-8-4-7-16(20-17)18(23)19-15-9-11-21(12-10-15)13-14-5-2-1-3-6-14/h4-5,7-8,15H,1-3,6,9-13H2,(H,19,23)(H,20,22). The van der Waals surface area contributed by atoms with E-state index in [0.717, 1.165) is 32.5 Å². The van der Waals surface area contributed by atoms with Crippen LogP contribution >= 0.6 is 0 Å². The molecule has 1 aromatic heterocycles. The van der Waals surface area contributed by atoms with Crippen LogP contribution in [0.3, 0.4) is 0 Å². The van der Waals surface area contributed by atoms with Crippen LogP contribution < -0.4 is 10.9 Å². The maximum absolute atomic E-state index is 12.2. The number of H-pyrrole nitrogens is 1. The maximum Gasteiger partial charge on any atom is 0.268 e. The number of nitrogens with zero attached hydrogens (tertiary/aromatic N) is 1. The molecule has 1 fully saturated rings. The van der Waals surface area contributed by atoms with Crippen LogP contribution in [0, 0.1) is 0 Å². The Balaban J connectivity index is 1.46. The Morgan fingerprint density at radius 3 is 2.78 bits per heavy atom. The van der Waals surface area contributed by atoms with Gasteiger partial charge in [0.2, 0.25) is 5.56 Å². The van der Waals surface area contributed by atoms with Crippen molar-refractivity contribution in [2.45, 2.75) is 44.6 Å². The SMILES string of the molecule is O=C(NC1CCN(CC2=CCCCC2)CC1)c1cccc(=O)[nH]1. The Morgan fingerprint density at radius 1 is 1.26 bits per heavy atom. The van der Waals surface area contributed by atoms with Crippen LogP contribution in [0.2, 0.25) is 0 Å². The first-order valence-electron chi connectivity index (χ1n) is 8.61. The van der Waals surface area contributed by atoms with Gasteiger partial charge in [-0.1, -0.05) is 17.7 Å². The van der Waals surface area contributed by atoms with E-state index in [-0.39, 0.29) is 17.5 Å². The van der Waals surface area contributed by atoms with Crippen molar-refractivity contribution in [2.75, 3.05) is 19.6 Å². The molecule has 5 nitrogen and oxygen atoms in total. The highest BCUT2D eigenvalue weighted by Gasteiger charge is 2.22. The summed E-state index contributed by atoms with van der Waals surface area (Å²) in [5.74, 6) is -0.184. The molecule has 0 unspecified atom stereocenters. The smallest absolute Gasteiger partial charge is 0.268 e. The third kappa shape index (κ3) is 4.55. The number of rotatable bonds is 4. The molecular formula is C18H25N3O2. The number of pyridine rings is 1. The Hall–Kier alpha value is -1.88. The zero-order valence-electron chi connectivity index (χ0n) is 13.5. The number of hydrogen-bond acceptors (Lipinski definition) is 3. The first-order chi connectivity index (χ1) is 11.2. The Morgan fingerprint density at radius 2 is 2.09 bits per heavy atom. The second-order valence-electron chi connectivity index (χ2n) is 6.56. The molecule has 2 aliphatic rings. The molecule has 124 valence electrons. The molecule has 1 saturated heterocycles. The molecule has 0 saturated carbocycles. The number of carbonyl (C=O) groups excluding carboxylic acids is 1. The quantitative estimate of drug-likeness (QED) is 0.836. The van der Waals surface area contributed by atoms with Crippen molar-refractivity contribution >= 4 is 5.91 Å². The van der Waals surface area contributed by atoms with Gasteiger partial charge in [-0.2, -0.15) is 0 Å². The van der Waals surface area contributed by atoms with Crippen molar-refractivity contribution < 1.29 is 4.79 Å². The average molecular weight is 315 g/mol. The summed E-state index contributed by atoms with van der Waals surface area (Å²) in [5, 5.41) is 3.04. The van der Waals surface area contributed by atoms with Crippen molar-refractivity contribution in [1.29, 1.82) is 0 Å². The Labute approximate surface area is 136 Å². The molecule has 3 rings (SSSR count). The van der Waals surface area contributed by atoms with E-state index in [9.17, 15) is 9.59 Å². The van der Waals surface area contributed by atoms with Crippen LogP contribution in [0.15, 0.2) is 34.6 Å². The molecule has 2 heterocycles. The van der Waals surface area contributed by atoms with E-state index in [2.05, 4.69) is 21.3 Å².